The fourth-order valence-electron chi connectivity index (χ4n) is 2.59. The Labute approximate surface area is 188 Å². The third-order valence-electron chi connectivity index (χ3n) is 3.99. The van der Waals surface area contributed by atoms with E-state index in [1.807, 2.05) is 39.5 Å². The van der Waals surface area contributed by atoms with Crippen molar-refractivity contribution in [2.24, 2.45) is 0 Å². The summed E-state index contributed by atoms with van der Waals surface area (Å²) in [6.45, 7) is 11.6. The van der Waals surface area contributed by atoms with Crippen LogP contribution < -0.4 is 9.64 Å². The lowest BCUT2D eigenvalue weighted by atomic mass is 10.2. The van der Waals surface area contributed by atoms with E-state index in [-0.39, 0.29) is 34.6 Å². The molecule has 0 radical (unpaired) electrons. The number of nitrogens with zero attached hydrogens (tertiary/aromatic N) is 5. The van der Waals surface area contributed by atoms with E-state index >= 15 is 0 Å². The molecule has 1 aromatic heterocycles. The Morgan fingerprint density at radius 2 is 1.90 bits per heavy atom. The summed E-state index contributed by atoms with van der Waals surface area (Å²) in [5.41, 5.74) is 0.210. The monoisotopic (exact) mass is 455 g/mol. The van der Waals surface area contributed by atoms with Crippen LogP contribution >= 0.6 is 11.6 Å². The highest BCUT2D eigenvalue weighted by Gasteiger charge is 2.23. The van der Waals surface area contributed by atoms with Crippen molar-refractivity contribution in [3.63, 3.8) is 0 Å². The van der Waals surface area contributed by atoms with Crippen molar-refractivity contribution in [1.82, 2.24) is 19.9 Å². The van der Waals surface area contributed by atoms with Gasteiger partial charge < -0.3 is 19.3 Å². The van der Waals surface area contributed by atoms with Crippen LogP contribution in [0.15, 0.2) is 18.2 Å². The van der Waals surface area contributed by atoms with Gasteiger partial charge in [0, 0.05) is 26.2 Å². The lowest BCUT2D eigenvalue weighted by Crippen LogP contribution is -2.44. The van der Waals surface area contributed by atoms with E-state index < -0.39 is 5.82 Å². The molecule has 31 heavy (non-hydrogen) atoms. The van der Waals surface area contributed by atoms with E-state index in [4.69, 9.17) is 21.1 Å². The molecular formula is C21H31ClFN5O3. The first kappa shape index (κ1) is 26.5. The highest BCUT2D eigenvalue weighted by atomic mass is 35.5. The molecule has 1 aromatic carbocycles. The summed E-state index contributed by atoms with van der Waals surface area (Å²) >= 11 is 5.98. The Hall–Kier alpha value is -2.52. The van der Waals surface area contributed by atoms with Crippen LogP contribution in [-0.2, 0) is 4.74 Å². The largest absolute Gasteiger partial charge is 0.421 e. The number of halogens is 2. The number of carbonyl (C=O) groups excluding carboxylic acids is 1. The van der Waals surface area contributed by atoms with E-state index in [2.05, 4.69) is 15.0 Å². The first-order valence-electron chi connectivity index (χ1n) is 10.3. The van der Waals surface area contributed by atoms with E-state index in [1.54, 1.807) is 14.1 Å². The maximum atomic E-state index is 14.4. The number of hydrogen-bond donors (Lipinski definition) is 0. The molecule has 0 unspecified atom stereocenters. The maximum Gasteiger partial charge on any atom is 0.328 e. The van der Waals surface area contributed by atoms with Crippen LogP contribution in [0.3, 0.4) is 0 Å². The number of carbonyl (C=O) groups is 1. The minimum atomic E-state index is -0.708. The van der Waals surface area contributed by atoms with Gasteiger partial charge in [-0.25, -0.2) is 4.39 Å². The van der Waals surface area contributed by atoms with Gasteiger partial charge in [0.15, 0.2) is 11.6 Å². The van der Waals surface area contributed by atoms with E-state index in [1.165, 1.54) is 17.0 Å². The number of anilines is 1. The van der Waals surface area contributed by atoms with Crippen LogP contribution in [0.1, 0.15) is 45.0 Å². The fraction of sp³-hybridized carbons (Fsp3) is 0.524. The minimum absolute atomic E-state index is 0.0538. The third-order valence-corrected chi connectivity index (χ3v) is 4.16. The second-order valence-corrected chi connectivity index (χ2v) is 6.59. The molecule has 2 aromatic rings. The average Bonchev–Trinajstić information content (AvgIpc) is 2.77. The predicted octanol–water partition coefficient (Wildman–Crippen LogP) is 4.44. The molecule has 0 aliphatic carbocycles. The molecule has 10 heteroatoms. The van der Waals surface area contributed by atoms with Gasteiger partial charge in [-0.15, -0.1) is 0 Å². The van der Waals surface area contributed by atoms with Gasteiger partial charge in [-0.3, -0.25) is 4.79 Å². The predicted molar refractivity (Wildman–Crippen MR) is 120 cm³/mol. The van der Waals surface area contributed by atoms with Crippen molar-refractivity contribution in [3.05, 3.63) is 34.9 Å². The molecule has 1 saturated heterocycles. The second-order valence-electron chi connectivity index (χ2n) is 6.25. The smallest absolute Gasteiger partial charge is 0.328 e. The van der Waals surface area contributed by atoms with Crippen LogP contribution in [-0.4, -0.2) is 65.7 Å². The SMILES string of the molecule is CC.CC.C[C@H]1COCCN1c1nc(Cl)nc(Oc2ccc(C(=O)N(C)C)cc2F)n1. The third kappa shape index (κ3) is 7.29. The minimum Gasteiger partial charge on any atom is -0.421 e. The number of morpholine rings is 1. The van der Waals surface area contributed by atoms with Crippen molar-refractivity contribution >= 4 is 23.5 Å². The summed E-state index contributed by atoms with van der Waals surface area (Å²) in [6, 6.07) is 3.84. The summed E-state index contributed by atoms with van der Waals surface area (Å²) in [4.78, 5) is 27.4. The Kier molecular flexibility index (Phi) is 11.1. The van der Waals surface area contributed by atoms with E-state index in [0.29, 0.717) is 25.7 Å². The van der Waals surface area contributed by atoms with Gasteiger partial charge in [-0.2, -0.15) is 15.0 Å². The van der Waals surface area contributed by atoms with Gasteiger partial charge in [0.25, 0.3) is 5.91 Å². The molecule has 1 aliphatic heterocycles. The van der Waals surface area contributed by atoms with Gasteiger partial charge in [-0.05, 0) is 36.7 Å². The number of ether oxygens (including phenoxy) is 2. The zero-order chi connectivity index (χ0) is 23.6. The molecule has 0 N–H and O–H groups in total. The molecule has 1 aliphatic rings. The molecule has 1 fully saturated rings. The zero-order valence-corrected chi connectivity index (χ0v) is 19.9. The average molecular weight is 456 g/mol. The summed E-state index contributed by atoms with van der Waals surface area (Å²) in [5.74, 6) is -0.804. The Morgan fingerprint density at radius 1 is 1.23 bits per heavy atom. The lowest BCUT2D eigenvalue weighted by Gasteiger charge is -2.33. The highest BCUT2D eigenvalue weighted by molar-refractivity contribution is 6.28. The summed E-state index contributed by atoms with van der Waals surface area (Å²) in [7, 11) is 3.18. The van der Waals surface area contributed by atoms with Crippen molar-refractivity contribution in [3.8, 4) is 11.8 Å². The molecule has 3 rings (SSSR count). The summed E-state index contributed by atoms with van der Waals surface area (Å²) in [6.07, 6.45) is 0. The molecule has 8 nitrogen and oxygen atoms in total. The molecule has 0 spiro atoms. The Morgan fingerprint density at radius 3 is 2.48 bits per heavy atom. The van der Waals surface area contributed by atoms with Gasteiger partial charge >= 0.3 is 6.01 Å². The zero-order valence-electron chi connectivity index (χ0n) is 19.1. The quantitative estimate of drug-likeness (QED) is 0.674. The van der Waals surface area contributed by atoms with Crippen LogP contribution in [0.4, 0.5) is 10.3 Å². The van der Waals surface area contributed by atoms with Gasteiger partial charge in [0.2, 0.25) is 11.2 Å². The van der Waals surface area contributed by atoms with E-state index in [0.717, 1.165) is 6.07 Å². The molecule has 172 valence electrons. The van der Waals surface area contributed by atoms with Crippen molar-refractivity contribution < 1.29 is 18.7 Å². The number of hydrogen-bond acceptors (Lipinski definition) is 7. The fourth-order valence-corrected chi connectivity index (χ4v) is 2.74. The van der Waals surface area contributed by atoms with E-state index in [9.17, 15) is 9.18 Å². The van der Waals surface area contributed by atoms with Crippen molar-refractivity contribution in [1.29, 1.82) is 0 Å². The van der Waals surface area contributed by atoms with Gasteiger partial charge in [0.1, 0.15) is 0 Å². The normalized spacial score (nSPS) is 15.1. The number of amides is 1. The first-order valence-corrected chi connectivity index (χ1v) is 10.7. The summed E-state index contributed by atoms with van der Waals surface area (Å²) < 4.78 is 25.2. The molecule has 0 saturated carbocycles. The van der Waals surface area contributed by atoms with Crippen LogP contribution in [0.2, 0.25) is 5.28 Å². The maximum absolute atomic E-state index is 14.4. The van der Waals surface area contributed by atoms with Crippen LogP contribution in [0, 0.1) is 5.82 Å². The molecule has 1 atom stereocenters. The molecular weight excluding hydrogens is 425 g/mol. The Balaban J connectivity index is 0.00000113. The molecule has 2 heterocycles. The van der Waals surface area contributed by atoms with Gasteiger partial charge in [-0.1, -0.05) is 27.7 Å². The topological polar surface area (TPSA) is 80.7 Å². The number of aromatic nitrogens is 3. The first-order chi connectivity index (χ1) is 14.8. The molecule has 0 bridgehead atoms. The summed E-state index contributed by atoms with van der Waals surface area (Å²) in [5, 5.41) is -0.0616. The Bertz CT molecular complexity index is 854. The highest BCUT2D eigenvalue weighted by Crippen LogP contribution is 2.26. The lowest BCUT2D eigenvalue weighted by molar-refractivity contribution is 0.0827. The van der Waals surface area contributed by atoms with Gasteiger partial charge in [0.05, 0.1) is 19.3 Å². The number of rotatable bonds is 4. The molecule has 1 amide bonds. The van der Waals surface area contributed by atoms with Crippen LogP contribution in [0.5, 0.6) is 11.8 Å². The van der Waals surface area contributed by atoms with Crippen molar-refractivity contribution in [2.45, 2.75) is 40.7 Å². The van der Waals surface area contributed by atoms with Crippen molar-refractivity contribution in [2.75, 3.05) is 38.8 Å². The van der Waals surface area contributed by atoms with Crippen LogP contribution in [0.25, 0.3) is 0 Å². The number of benzene rings is 1. The standard InChI is InChI=1S/C17H19ClFN5O3.2C2H6/c1-10-9-26-7-6-24(10)16-20-15(18)21-17(22-16)27-13-5-4-11(8-12(13)19)14(25)23(2)3;2*1-2/h4-5,8,10H,6-7,9H2,1-3H3;2*1-2H3/t10-;;/m0../s1. The second kappa shape index (κ2) is 13.0.